The van der Waals surface area contributed by atoms with E-state index in [0.717, 1.165) is 5.69 Å². The van der Waals surface area contributed by atoms with E-state index in [1.54, 1.807) is 11.7 Å². The van der Waals surface area contributed by atoms with E-state index < -0.39 is 0 Å². The van der Waals surface area contributed by atoms with Crippen molar-refractivity contribution in [1.29, 1.82) is 0 Å². The van der Waals surface area contributed by atoms with Gasteiger partial charge < -0.3 is 15.5 Å². The van der Waals surface area contributed by atoms with Crippen LogP contribution in [0.15, 0.2) is 6.07 Å². The molecule has 0 spiro atoms. The van der Waals surface area contributed by atoms with Crippen LogP contribution in [0.4, 0.5) is 0 Å². The van der Waals surface area contributed by atoms with E-state index in [1.165, 1.54) is 18.5 Å². The molecule has 1 amide bonds. The number of hydrogen-bond donors (Lipinski definition) is 3. The lowest BCUT2D eigenvalue weighted by Crippen LogP contribution is -2.20. The third kappa shape index (κ3) is 4.88. The summed E-state index contributed by atoms with van der Waals surface area (Å²) in [6.45, 7) is 0.377. The highest BCUT2D eigenvalue weighted by Crippen LogP contribution is 2.40. The maximum atomic E-state index is 11.5. The molecule has 1 aliphatic carbocycles. The minimum Gasteiger partial charge on any atom is -0.483 e. The summed E-state index contributed by atoms with van der Waals surface area (Å²) in [7, 11) is 3.53. The summed E-state index contributed by atoms with van der Waals surface area (Å²) in [6.07, 6.45) is 3.13. The average molecular weight is 364 g/mol. The Hall–Kier alpha value is -2.75. The molecule has 0 aliphatic heterocycles. The third-order valence-electron chi connectivity index (χ3n) is 3.98. The summed E-state index contributed by atoms with van der Waals surface area (Å²) in [4.78, 5) is 24.4. The third-order valence-corrected chi connectivity index (χ3v) is 3.98. The average Bonchev–Trinajstić information content (AvgIpc) is 3.27. The lowest BCUT2D eigenvalue weighted by molar-refractivity contribution is -0.123. The zero-order valence-corrected chi connectivity index (χ0v) is 14.9. The number of aromatic nitrogens is 5. The topological polar surface area (TPSA) is 135 Å². The van der Waals surface area contributed by atoms with Crippen molar-refractivity contribution < 1.29 is 19.8 Å². The zero-order valence-electron chi connectivity index (χ0n) is 14.9. The smallest absolute Gasteiger partial charge is 0.290 e. The molecule has 0 bridgehead atoms. The van der Waals surface area contributed by atoms with E-state index >= 15 is 0 Å². The highest BCUT2D eigenvalue weighted by molar-refractivity contribution is 5.77. The van der Waals surface area contributed by atoms with Gasteiger partial charge in [0.25, 0.3) is 6.47 Å². The van der Waals surface area contributed by atoms with Gasteiger partial charge in [0.05, 0.1) is 6.42 Å². The van der Waals surface area contributed by atoms with Crippen LogP contribution in [0, 0.1) is 0 Å². The zero-order chi connectivity index (χ0) is 19.1. The van der Waals surface area contributed by atoms with Gasteiger partial charge in [0.2, 0.25) is 5.91 Å². The normalized spacial score (nSPS) is 13.0. The highest BCUT2D eigenvalue weighted by atomic mass is 16.3. The summed E-state index contributed by atoms with van der Waals surface area (Å²) >= 11 is 0. The Kier molecular flexibility index (Phi) is 6.84. The molecule has 142 valence electrons. The molecule has 0 saturated heterocycles. The number of aliphatic hydroxyl groups is 1. The summed E-state index contributed by atoms with van der Waals surface area (Å²) in [5.74, 6) is 1.59. The first-order valence-electron chi connectivity index (χ1n) is 8.41. The number of amides is 1. The molecule has 0 atom stereocenters. The number of nitrogens with zero attached hydrogens (tertiary/aromatic N) is 5. The molecular formula is C16H24N6O4. The molecule has 1 saturated carbocycles. The van der Waals surface area contributed by atoms with Crippen LogP contribution in [0.25, 0.3) is 11.5 Å². The Balaban J connectivity index is 0.000000758. The van der Waals surface area contributed by atoms with E-state index in [9.17, 15) is 4.79 Å². The van der Waals surface area contributed by atoms with Gasteiger partial charge in [0.15, 0.2) is 11.6 Å². The van der Waals surface area contributed by atoms with Crippen molar-refractivity contribution >= 4 is 12.4 Å². The van der Waals surface area contributed by atoms with Gasteiger partial charge in [-0.05, 0) is 25.3 Å². The quantitative estimate of drug-likeness (QED) is 0.585. The number of nitrogens with one attached hydrogen (secondary N) is 1. The van der Waals surface area contributed by atoms with E-state index in [1.807, 2.05) is 11.7 Å². The molecule has 0 aromatic carbocycles. The molecular weight excluding hydrogens is 340 g/mol. The Morgan fingerprint density at radius 1 is 1.42 bits per heavy atom. The second kappa shape index (κ2) is 9.09. The van der Waals surface area contributed by atoms with Crippen LogP contribution in [0.1, 0.15) is 36.7 Å². The Bertz CT molecular complexity index is 750. The van der Waals surface area contributed by atoms with Gasteiger partial charge in [-0.15, -0.1) is 0 Å². The number of likely N-dealkylation sites (N-methyl/N-ethyl adjacent to an activating group) is 1. The number of carbonyl (C=O) groups excluding carboxylic acids is 1. The summed E-state index contributed by atoms with van der Waals surface area (Å²) in [5.41, 5.74) is 1.98. The standard InChI is InChI=1S/C15H22N6O2.CH2O2/c1-16-14(23)9-13-17-15(21(19-13)6-3-7-22)11-8-12(10-4-5-10)20(2)18-11;2-1-3/h8,10,22H,3-7,9H2,1-2H3,(H,16,23);1H,(H,2,3). The van der Waals surface area contributed by atoms with Crippen molar-refractivity contribution in [2.75, 3.05) is 13.7 Å². The van der Waals surface area contributed by atoms with Gasteiger partial charge in [0.1, 0.15) is 5.69 Å². The molecule has 2 aromatic rings. The van der Waals surface area contributed by atoms with Crippen molar-refractivity contribution in [2.24, 2.45) is 7.05 Å². The first kappa shape index (κ1) is 19.6. The van der Waals surface area contributed by atoms with Crippen LogP contribution in [0.5, 0.6) is 0 Å². The fourth-order valence-corrected chi connectivity index (χ4v) is 2.61. The molecule has 1 fully saturated rings. The van der Waals surface area contributed by atoms with Crippen molar-refractivity contribution in [3.8, 4) is 11.5 Å². The molecule has 2 heterocycles. The Morgan fingerprint density at radius 2 is 2.12 bits per heavy atom. The molecule has 3 N–H and O–H groups in total. The summed E-state index contributed by atoms with van der Waals surface area (Å²) < 4.78 is 3.63. The largest absolute Gasteiger partial charge is 0.483 e. The van der Waals surface area contributed by atoms with Crippen LogP contribution < -0.4 is 5.32 Å². The molecule has 3 rings (SSSR count). The Labute approximate surface area is 150 Å². The molecule has 2 aromatic heterocycles. The predicted octanol–water partition coefficient (Wildman–Crippen LogP) is -0.0723. The molecule has 10 nitrogen and oxygen atoms in total. The van der Waals surface area contributed by atoms with E-state index in [0.29, 0.717) is 30.5 Å². The number of aryl methyl sites for hydroxylation is 2. The second-order valence-electron chi connectivity index (χ2n) is 5.96. The van der Waals surface area contributed by atoms with Crippen molar-refractivity contribution in [2.45, 2.75) is 38.1 Å². The second-order valence-corrected chi connectivity index (χ2v) is 5.96. The van der Waals surface area contributed by atoms with Crippen LogP contribution in [-0.2, 0) is 29.6 Å². The van der Waals surface area contributed by atoms with Gasteiger partial charge in [-0.2, -0.15) is 10.2 Å². The Morgan fingerprint density at radius 3 is 2.69 bits per heavy atom. The predicted molar refractivity (Wildman–Crippen MR) is 92.4 cm³/mol. The van der Waals surface area contributed by atoms with Crippen LogP contribution in [0.3, 0.4) is 0 Å². The lowest BCUT2D eigenvalue weighted by atomic mass is 10.2. The fraction of sp³-hybridized carbons (Fsp3) is 0.562. The first-order chi connectivity index (χ1) is 12.5. The minimum atomic E-state index is -0.250. The summed E-state index contributed by atoms with van der Waals surface area (Å²) in [5, 5.41) is 27.5. The van der Waals surface area contributed by atoms with E-state index in [-0.39, 0.29) is 25.4 Å². The van der Waals surface area contributed by atoms with Crippen molar-refractivity contribution in [3.63, 3.8) is 0 Å². The van der Waals surface area contributed by atoms with Gasteiger partial charge in [-0.1, -0.05) is 0 Å². The van der Waals surface area contributed by atoms with Gasteiger partial charge in [-0.25, -0.2) is 9.67 Å². The number of hydrogen-bond acceptors (Lipinski definition) is 6. The molecule has 26 heavy (non-hydrogen) atoms. The maximum Gasteiger partial charge on any atom is 0.290 e. The number of carbonyl (C=O) groups is 2. The molecule has 0 unspecified atom stereocenters. The van der Waals surface area contributed by atoms with Gasteiger partial charge >= 0.3 is 0 Å². The van der Waals surface area contributed by atoms with E-state index in [2.05, 4.69) is 26.6 Å². The number of carboxylic acid groups (broad SMARTS) is 1. The van der Waals surface area contributed by atoms with Crippen molar-refractivity contribution in [3.05, 3.63) is 17.6 Å². The molecule has 10 heteroatoms. The van der Waals surface area contributed by atoms with Crippen LogP contribution in [0.2, 0.25) is 0 Å². The lowest BCUT2D eigenvalue weighted by Gasteiger charge is -2.01. The number of aliphatic hydroxyl groups excluding tert-OH is 1. The highest BCUT2D eigenvalue weighted by Gasteiger charge is 2.28. The number of rotatable bonds is 7. The van der Waals surface area contributed by atoms with Crippen LogP contribution >= 0.6 is 0 Å². The molecule has 0 radical (unpaired) electrons. The fourth-order valence-electron chi connectivity index (χ4n) is 2.61. The maximum absolute atomic E-state index is 11.5. The SMILES string of the molecule is CNC(=O)Cc1nc(-c2cc(C3CC3)n(C)n2)n(CCCO)n1.O=CO. The minimum absolute atomic E-state index is 0.0830. The van der Waals surface area contributed by atoms with Gasteiger partial charge in [-0.3, -0.25) is 14.3 Å². The summed E-state index contributed by atoms with van der Waals surface area (Å²) in [6, 6.07) is 2.06. The first-order valence-corrected chi connectivity index (χ1v) is 8.41. The van der Waals surface area contributed by atoms with E-state index in [4.69, 9.17) is 15.0 Å². The van der Waals surface area contributed by atoms with Gasteiger partial charge in [0, 0.05) is 38.9 Å². The molecule has 1 aliphatic rings. The van der Waals surface area contributed by atoms with Crippen LogP contribution in [-0.4, -0.2) is 60.8 Å². The monoisotopic (exact) mass is 364 g/mol. The van der Waals surface area contributed by atoms with Crippen molar-refractivity contribution in [1.82, 2.24) is 29.9 Å².